The van der Waals surface area contributed by atoms with Crippen LogP contribution in [0.5, 0.6) is 0 Å². The first-order valence-electron chi connectivity index (χ1n) is 11.0. The van der Waals surface area contributed by atoms with E-state index in [0.29, 0.717) is 24.0 Å². The molecule has 29 heavy (non-hydrogen) atoms. The molecule has 8 nitrogen and oxygen atoms in total. The first-order valence-corrected chi connectivity index (χ1v) is 11.0. The predicted octanol–water partition coefficient (Wildman–Crippen LogP) is 2.20. The van der Waals surface area contributed by atoms with Crippen molar-refractivity contribution in [3.05, 3.63) is 0 Å². The third-order valence-electron chi connectivity index (χ3n) is 7.39. The zero-order valence-electron chi connectivity index (χ0n) is 17.5. The van der Waals surface area contributed by atoms with Crippen molar-refractivity contribution in [1.29, 1.82) is 0 Å². The Morgan fingerprint density at radius 2 is 1.69 bits per heavy atom. The zero-order valence-corrected chi connectivity index (χ0v) is 17.5. The van der Waals surface area contributed by atoms with E-state index in [1.54, 1.807) is 0 Å². The molecule has 6 heterocycles. The van der Waals surface area contributed by atoms with Gasteiger partial charge in [0.05, 0.1) is 32.3 Å². The molecule has 9 atom stereocenters. The Kier molecular flexibility index (Phi) is 5.16. The number of rotatable bonds is 4. The molecule has 7 rings (SSSR count). The quantitative estimate of drug-likeness (QED) is 0.394. The van der Waals surface area contributed by atoms with E-state index in [9.17, 15) is 4.79 Å². The third kappa shape index (κ3) is 3.72. The molecule has 1 saturated carbocycles. The van der Waals surface area contributed by atoms with Gasteiger partial charge in [0.1, 0.15) is 12.2 Å². The number of fused-ring (bicyclic) bond motifs is 2. The summed E-state index contributed by atoms with van der Waals surface area (Å²) in [5.74, 6) is -0.137. The minimum atomic E-state index is -0.793. The van der Waals surface area contributed by atoms with Gasteiger partial charge in [-0.3, -0.25) is 4.79 Å². The lowest BCUT2D eigenvalue weighted by atomic mass is 9.58. The van der Waals surface area contributed by atoms with E-state index in [1.165, 1.54) is 0 Å². The minimum Gasteiger partial charge on any atom is -0.432 e. The van der Waals surface area contributed by atoms with Crippen LogP contribution in [0.2, 0.25) is 0 Å². The van der Waals surface area contributed by atoms with Gasteiger partial charge in [0.25, 0.3) is 0 Å². The van der Waals surface area contributed by atoms with Crippen LogP contribution in [0.3, 0.4) is 0 Å². The molecule has 0 aromatic carbocycles. The van der Waals surface area contributed by atoms with E-state index >= 15 is 0 Å². The largest absolute Gasteiger partial charge is 0.432 e. The van der Waals surface area contributed by atoms with Crippen LogP contribution >= 0.6 is 0 Å². The number of carbonyl (C=O) groups is 1. The molecule has 0 amide bonds. The Hall–Kier alpha value is -0.770. The van der Waals surface area contributed by atoms with E-state index in [-0.39, 0.29) is 17.8 Å². The van der Waals surface area contributed by atoms with Crippen molar-refractivity contribution in [3.63, 3.8) is 0 Å². The Bertz CT molecular complexity index is 622. The van der Waals surface area contributed by atoms with Crippen molar-refractivity contribution in [2.24, 2.45) is 23.7 Å². The molecule has 6 saturated heterocycles. The first-order chi connectivity index (χ1) is 13.9. The van der Waals surface area contributed by atoms with Crippen molar-refractivity contribution < 1.29 is 38.3 Å². The van der Waals surface area contributed by atoms with Crippen LogP contribution < -0.4 is 0 Å². The lowest BCUT2D eigenvalue weighted by Crippen LogP contribution is -2.69. The van der Waals surface area contributed by atoms with E-state index in [4.69, 9.17) is 33.5 Å². The molecule has 1 aliphatic carbocycles. The minimum absolute atomic E-state index is 0.123. The Morgan fingerprint density at radius 1 is 1.00 bits per heavy atom. The Labute approximate surface area is 171 Å². The van der Waals surface area contributed by atoms with Gasteiger partial charge >= 0.3 is 5.97 Å². The maximum atomic E-state index is 12.1. The van der Waals surface area contributed by atoms with Crippen molar-refractivity contribution in [2.75, 3.05) is 26.4 Å². The van der Waals surface area contributed by atoms with Crippen molar-refractivity contribution in [1.82, 2.24) is 0 Å². The summed E-state index contributed by atoms with van der Waals surface area (Å²) in [5.41, 5.74) is -0.610. The Balaban J connectivity index is 0.000000168. The standard InChI is InChI=1S/C15H22O5.C6H10O3/c1-8-4-5-11-9(2)12(16)17-13-15(11)10(8)6-7-14(3,18-13)19-20-15;1(5-3-8-5)7-2-6-4-9-6/h8-11,13H,4-7H2,1-3H3;5-6H,1-4H2/t8-,9-,10+,11+,13-,14+,15-;/m1./s1. The van der Waals surface area contributed by atoms with Gasteiger partial charge in [0, 0.05) is 18.3 Å². The van der Waals surface area contributed by atoms with Gasteiger partial charge in [-0.25, -0.2) is 9.78 Å². The number of hydrogen-bond acceptors (Lipinski definition) is 8. The maximum absolute atomic E-state index is 12.1. The second kappa shape index (κ2) is 7.43. The fraction of sp³-hybridized carbons (Fsp3) is 0.952. The monoisotopic (exact) mass is 412 g/mol. The lowest BCUT2D eigenvalue weighted by Gasteiger charge is -2.57. The van der Waals surface area contributed by atoms with Gasteiger partial charge in [-0.05, 0) is 32.1 Å². The number of hydrogen-bond donors (Lipinski definition) is 0. The molecule has 2 unspecified atom stereocenters. The van der Waals surface area contributed by atoms with Gasteiger partial charge in [-0.15, -0.1) is 0 Å². The summed E-state index contributed by atoms with van der Waals surface area (Å²) in [7, 11) is 0. The molecule has 8 heteroatoms. The van der Waals surface area contributed by atoms with Crippen LogP contribution in [0, 0.1) is 23.7 Å². The normalized spacial score (nSPS) is 51.8. The molecular weight excluding hydrogens is 380 g/mol. The van der Waals surface area contributed by atoms with Gasteiger partial charge in [-0.1, -0.05) is 13.8 Å². The van der Waals surface area contributed by atoms with Crippen LogP contribution in [-0.4, -0.2) is 62.3 Å². The molecule has 7 fully saturated rings. The summed E-state index contributed by atoms with van der Waals surface area (Å²) < 4.78 is 26.7. The van der Waals surface area contributed by atoms with Gasteiger partial charge in [0.15, 0.2) is 5.60 Å². The highest BCUT2D eigenvalue weighted by Gasteiger charge is 2.70. The Morgan fingerprint density at radius 3 is 2.34 bits per heavy atom. The van der Waals surface area contributed by atoms with Crippen molar-refractivity contribution >= 4 is 5.97 Å². The molecular formula is C21H32O8. The summed E-state index contributed by atoms with van der Waals surface area (Å²) >= 11 is 0. The highest BCUT2D eigenvalue weighted by molar-refractivity contribution is 5.74. The second-order valence-electron chi connectivity index (χ2n) is 9.58. The topological polar surface area (TPSA) is 88.3 Å². The lowest BCUT2D eigenvalue weighted by molar-refractivity contribution is -0.559. The summed E-state index contributed by atoms with van der Waals surface area (Å²) in [6, 6.07) is 0. The number of ether oxygens (including phenoxy) is 5. The smallest absolute Gasteiger partial charge is 0.311 e. The average molecular weight is 412 g/mol. The van der Waals surface area contributed by atoms with Crippen LogP contribution in [0.4, 0.5) is 0 Å². The first kappa shape index (κ1) is 20.2. The molecule has 6 aliphatic heterocycles. The van der Waals surface area contributed by atoms with Crippen molar-refractivity contribution in [3.8, 4) is 0 Å². The third-order valence-corrected chi connectivity index (χ3v) is 7.39. The summed E-state index contributed by atoms with van der Waals surface area (Å²) in [5, 5.41) is 0. The molecule has 0 radical (unpaired) electrons. The summed E-state index contributed by atoms with van der Waals surface area (Å²) in [6.07, 6.45) is 4.03. The van der Waals surface area contributed by atoms with E-state index < -0.39 is 17.7 Å². The van der Waals surface area contributed by atoms with E-state index in [1.807, 2.05) is 13.8 Å². The maximum Gasteiger partial charge on any atom is 0.311 e. The molecule has 0 N–H and O–H groups in total. The van der Waals surface area contributed by atoms with E-state index in [2.05, 4.69) is 6.92 Å². The number of esters is 1. The molecule has 0 aromatic rings. The molecule has 1 spiro atoms. The van der Waals surface area contributed by atoms with Crippen LogP contribution in [0.1, 0.15) is 46.5 Å². The average Bonchev–Trinajstić information content (AvgIpc) is 3.57. The molecule has 164 valence electrons. The summed E-state index contributed by atoms with van der Waals surface area (Å²) in [6.45, 7) is 9.32. The van der Waals surface area contributed by atoms with Crippen LogP contribution in [0.25, 0.3) is 0 Å². The molecule has 2 bridgehead atoms. The fourth-order valence-electron chi connectivity index (χ4n) is 5.42. The molecule has 7 aliphatic rings. The van der Waals surface area contributed by atoms with Crippen molar-refractivity contribution in [2.45, 2.75) is 76.3 Å². The van der Waals surface area contributed by atoms with Gasteiger partial charge in [0.2, 0.25) is 12.1 Å². The highest BCUT2D eigenvalue weighted by atomic mass is 17.3. The van der Waals surface area contributed by atoms with Crippen LogP contribution in [0.15, 0.2) is 0 Å². The van der Waals surface area contributed by atoms with Gasteiger partial charge in [-0.2, -0.15) is 0 Å². The SMILES string of the molecule is C(OCC1CO1)C1CO1.C[C@@H]1CC[C@H]2[C@@H](C)C(=O)O[C@@H]3O[C@]4(C)CC[C@@H]1[C@]32OO4. The van der Waals surface area contributed by atoms with Crippen LogP contribution in [-0.2, 0) is 38.3 Å². The fourth-order valence-corrected chi connectivity index (χ4v) is 5.42. The molecule has 0 aromatic heterocycles. The van der Waals surface area contributed by atoms with E-state index in [0.717, 1.165) is 52.1 Å². The number of epoxide rings is 2. The summed E-state index contributed by atoms with van der Waals surface area (Å²) in [4.78, 5) is 23.7. The zero-order chi connectivity index (χ0) is 20.2. The second-order valence-corrected chi connectivity index (χ2v) is 9.58. The highest BCUT2D eigenvalue weighted by Crippen LogP contribution is 2.59. The number of carbonyl (C=O) groups excluding carboxylic acids is 1. The predicted molar refractivity (Wildman–Crippen MR) is 98.3 cm³/mol. The van der Waals surface area contributed by atoms with Gasteiger partial charge < -0.3 is 23.7 Å².